The van der Waals surface area contributed by atoms with Crippen LogP contribution in [0.5, 0.6) is 0 Å². The van der Waals surface area contributed by atoms with E-state index in [0.29, 0.717) is 35.7 Å². The zero-order chi connectivity index (χ0) is 21.8. The van der Waals surface area contributed by atoms with E-state index in [1.807, 2.05) is 6.92 Å². The van der Waals surface area contributed by atoms with Gasteiger partial charge in [-0.25, -0.2) is 0 Å². The van der Waals surface area contributed by atoms with Crippen LogP contribution in [-0.2, 0) is 4.43 Å². The number of benzene rings is 1. The first kappa shape index (κ1) is 20.9. The fourth-order valence-electron chi connectivity index (χ4n) is 3.78. The molecule has 0 bridgehead atoms. The molecule has 1 aromatic heterocycles. The molecule has 1 aliphatic heterocycles. The van der Waals surface area contributed by atoms with Gasteiger partial charge in [0.25, 0.3) is 11.8 Å². The smallest absolute Gasteiger partial charge is 0.261 e. The number of rotatable bonds is 5. The van der Waals surface area contributed by atoms with Gasteiger partial charge in [-0.15, -0.1) is 10.2 Å². The number of nitrogens with zero attached hydrogens (tertiary/aromatic N) is 3. The van der Waals surface area contributed by atoms with Gasteiger partial charge in [-0.05, 0) is 50.0 Å². The Morgan fingerprint density at radius 3 is 2.20 bits per heavy atom. The summed E-state index contributed by atoms with van der Waals surface area (Å²) in [4.78, 5) is 26.7. The van der Waals surface area contributed by atoms with Crippen molar-refractivity contribution >= 4 is 20.1 Å². The molecule has 0 saturated heterocycles. The summed E-state index contributed by atoms with van der Waals surface area (Å²) in [5.41, 5.74) is 0.977. The average molecular weight is 428 g/mol. The largest absolute Gasteiger partial charge is 0.422 e. The molecule has 1 aromatic carbocycles. The van der Waals surface area contributed by atoms with Crippen molar-refractivity contribution in [2.45, 2.75) is 76.7 Å². The van der Waals surface area contributed by atoms with E-state index in [1.54, 1.807) is 24.3 Å². The summed E-state index contributed by atoms with van der Waals surface area (Å²) in [5, 5.41) is 8.52. The van der Waals surface area contributed by atoms with Gasteiger partial charge in [0.05, 0.1) is 11.1 Å². The summed E-state index contributed by atoms with van der Waals surface area (Å²) in [5.74, 6) is 0.687. The minimum Gasteiger partial charge on any atom is -0.422 e. The van der Waals surface area contributed by atoms with Gasteiger partial charge >= 0.3 is 0 Å². The maximum Gasteiger partial charge on any atom is 0.261 e. The zero-order valence-electron chi connectivity index (χ0n) is 18.4. The third-order valence-corrected chi connectivity index (χ3v) is 11.3. The standard InChI is InChI=1S/C22H29N3O4Si/c1-13(29-30(5,6)22(2,3)4)18-23-24-19(28-18)14-11-15(12-14)25-20(26)16-9-7-8-10-17(16)21(25)27/h7-10,13-15H,11-12H2,1-6H3/t13-,14?,15?/m1/s1. The molecule has 160 valence electrons. The molecule has 2 aromatic rings. The first-order valence-electron chi connectivity index (χ1n) is 10.5. The van der Waals surface area contributed by atoms with Gasteiger partial charge in [-0.3, -0.25) is 14.5 Å². The van der Waals surface area contributed by atoms with Crippen molar-refractivity contribution in [2.24, 2.45) is 0 Å². The Hall–Kier alpha value is -2.32. The lowest BCUT2D eigenvalue weighted by molar-refractivity contribution is 0.0459. The molecule has 0 spiro atoms. The Morgan fingerprint density at radius 1 is 1.10 bits per heavy atom. The van der Waals surface area contributed by atoms with E-state index in [0.717, 1.165) is 0 Å². The van der Waals surface area contributed by atoms with Crippen LogP contribution in [0.2, 0.25) is 18.1 Å². The highest BCUT2D eigenvalue weighted by Crippen LogP contribution is 2.43. The molecule has 2 heterocycles. The van der Waals surface area contributed by atoms with Gasteiger partial charge in [-0.2, -0.15) is 0 Å². The second-order valence-corrected chi connectivity index (χ2v) is 14.6. The lowest BCUT2D eigenvalue weighted by Crippen LogP contribution is -2.46. The van der Waals surface area contributed by atoms with Crippen molar-refractivity contribution in [3.05, 3.63) is 47.2 Å². The van der Waals surface area contributed by atoms with Crippen LogP contribution in [0.1, 0.15) is 85.1 Å². The van der Waals surface area contributed by atoms with E-state index in [2.05, 4.69) is 44.1 Å². The van der Waals surface area contributed by atoms with Crippen LogP contribution in [0.3, 0.4) is 0 Å². The average Bonchev–Trinajstić information content (AvgIpc) is 3.19. The van der Waals surface area contributed by atoms with Crippen LogP contribution < -0.4 is 0 Å². The van der Waals surface area contributed by atoms with Gasteiger partial charge in [0.15, 0.2) is 8.32 Å². The molecule has 0 N–H and O–H groups in total. The number of carbonyl (C=O) groups excluding carboxylic acids is 2. The monoisotopic (exact) mass is 427 g/mol. The third-order valence-electron chi connectivity index (χ3n) is 6.73. The molecular weight excluding hydrogens is 398 g/mol. The molecule has 2 amide bonds. The predicted octanol–water partition coefficient (Wildman–Crippen LogP) is 4.69. The molecule has 1 atom stereocenters. The normalized spacial score (nSPS) is 22.8. The SMILES string of the molecule is C[C@@H](O[Si](C)(C)C(C)(C)C)c1nnc(C2CC(N3C(=O)c4ccccc4C3=O)C2)o1. The minimum atomic E-state index is -1.95. The lowest BCUT2D eigenvalue weighted by Gasteiger charge is -2.38. The Balaban J connectivity index is 1.39. The molecule has 0 unspecified atom stereocenters. The van der Waals surface area contributed by atoms with Crippen LogP contribution in [0.25, 0.3) is 0 Å². The molecule has 1 fully saturated rings. The number of amides is 2. The van der Waals surface area contributed by atoms with Crippen LogP contribution in [0.4, 0.5) is 0 Å². The van der Waals surface area contributed by atoms with E-state index in [1.165, 1.54) is 4.90 Å². The zero-order valence-corrected chi connectivity index (χ0v) is 19.4. The quantitative estimate of drug-likeness (QED) is 0.508. The van der Waals surface area contributed by atoms with E-state index in [9.17, 15) is 9.59 Å². The number of hydrogen-bond donors (Lipinski definition) is 0. The van der Waals surface area contributed by atoms with Crippen LogP contribution >= 0.6 is 0 Å². The summed E-state index contributed by atoms with van der Waals surface area (Å²) >= 11 is 0. The Kier molecular flexibility index (Phi) is 4.97. The fraction of sp³-hybridized carbons (Fsp3) is 0.545. The highest BCUT2D eigenvalue weighted by Gasteiger charge is 2.47. The summed E-state index contributed by atoms with van der Waals surface area (Å²) in [6.45, 7) is 12.9. The molecule has 1 aliphatic carbocycles. The molecule has 1 saturated carbocycles. The number of hydrogen-bond acceptors (Lipinski definition) is 6. The number of fused-ring (bicyclic) bond motifs is 1. The van der Waals surface area contributed by atoms with Crippen molar-refractivity contribution in [3.8, 4) is 0 Å². The highest BCUT2D eigenvalue weighted by molar-refractivity contribution is 6.74. The van der Waals surface area contributed by atoms with E-state index in [-0.39, 0.29) is 34.9 Å². The first-order valence-corrected chi connectivity index (χ1v) is 13.4. The van der Waals surface area contributed by atoms with E-state index >= 15 is 0 Å². The molecule has 0 radical (unpaired) electrons. The van der Waals surface area contributed by atoms with Crippen molar-refractivity contribution < 1.29 is 18.4 Å². The van der Waals surface area contributed by atoms with Crippen molar-refractivity contribution in [1.29, 1.82) is 0 Å². The Morgan fingerprint density at radius 2 is 1.67 bits per heavy atom. The Bertz CT molecular complexity index is 953. The maximum absolute atomic E-state index is 12.6. The second-order valence-electron chi connectivity index (χ2n) is 9.85. The lowest BCUT2D eigenvalue weighted by atomic mass is 9.79. The number of aromatic nitrogens is 2. The van der Waals surface area contributed by atoms with Gasteiger partial charge in [0, 0.05) is 12.0 Å². The van der Waals surface area contributed by atoms with Gasteiger partial charge < -0.3 is 8.84 Å². The van der Waals surface area contributed by atoms with Crippen LogP contribution in [0, 0.1) is 0 Å². The van der Waals surface area contributed by atoms with E-state index < -0.39 is 8.32 Å². The summed E-state index contributed by atoms with van der Waals surface area (Å²) in [6, 6.07) is 6.85. The van der Waals surface area contributed by atoms with Crippen LogP contribution in [0.15, 0.2) is 28.7 Å². The summed E-state index contributed by atoms with van der Waals surface area (Å²) in [6.07, 6.45) is 1.02. The molecule has 4 rings (SSSR count). The van der Waals surface area contributed by atoms with Crippen molar-refractivity contribution in [3.63, 3.8) is 0 Å². The van der Waals surface area contributed by atoms with Gasteiger partial charge in [0.1, 0.15) is 6.10 Å². The maximum atomic E-state index is 12.6. The fourth-order valence-corrected chi connectivity index (χ4v) is 5.12. The van der Waals surface area contributed by atoms with Gasteiger partial charge in [0.2, 0.25) is 11.8 Å². The van der Waals surface area contributed by atoms with Gasteiger partial charge in [-0.1, -0.05) is 32.9 Å². The van der Waals surface area contributed by atoms with Crippen molar-refractivity contribution in [2.75, 3.05) is 0 Å². The molecule has 8 heteroatoms. The van der Waals surface area contributed by atoms with Crippen LogP contribution in [-0.4, -0.2) is 41.3 Å². The first-order chi connectivity index (χ1) is 14.0. The second kappa shape index (κ2) is 7.13. The Labute approximate surface area is 177 Å². The molecule has 2 aliphatic rings. The highest BCUT2D eigenvalue weighted by atomic mass is 28.4. The molecule has 30 heavy (non-hydrogen) atoms. The topological polar surface area (TPSA) is 85.5 Å². The third kappa shape index (κ3) is 3.41. The number of imide groups is 1. The van der Waals surface area contributed by atoms with Crippen molar-refractivity contribution in [1.82, 2.24) is 15.1 Å². The summed E-state index contributed by atoms with van der Waals surface area (Å²) in [7, 11) is -1.95. The minimum absolute atomic E-state index is 0.0561. The number of carbonyl (C=O) groups is 2. The molecular formula is C22H29N3O4Si. The predicted molar refractivity (Wildman–Crippen MR) is 114 cm³/mol. The summed E-state index contributed by atoms with van der Waals surface area (Å²) < 4.78 is 12.3. The van der Waals surface area contributed by atoms with E-state index in [4.69, 9.17) is 8.84 Å². The molecule has 7 nitrogen and oxygen atoms in total.